The van der Waals surface area contributed by atoms with Gasteiger partial charge in [0.05, 0.1) is 4.47 Å². The van der Waals surface area contributed by atoms with Crippen molar-refractivity contribution in [1.29, 1.82) is 0 Å². The van der Waals surface area contributed by atoms with Crippen LogP contribution in [0.2, 0.25) is 0 Å². The Balaban J connectivity index is 3.07. The minimum Gasteiger partial charge on any atom is -0.504 e. The van der Waals surface area contributed by atoms with Crippen molar-refractivity contribution in [3.63, 3.8) is 0 Å². The molecule has 1 atom stereocenters. The summed E-state index contributed by atoms with van der Waals surface area (Å²) < 4.78 is 0.289. The molecule has 0 saturated carbocycles. The molecule has 0 radical (unpaired) electrons. The molecule has 0 fully saturated rings. The van der Waals surface area contributed by atoms with E-state index in [1.807, 2.05) is 0 Å². The van der Waals surface area contributed by atoms with Crippen molar-refractivity contribution in [2.45, 2.75) is 18.9 Å². The van der Waals surface area contributed by atoms with E-state index in [9.17, 15) is 15.0 Å². The number of benzene rings is 1. The van der Waals surface area contributed by atoms with Gasteiger partial charge >= 0.3 is 5.97 Å². The molecule has 94 valence electrons. The predicted octanol–water partition coefficient (Wildman–Crippen LogP) is 0.709. The smallest absolute Gasteiger partial charge is 0.325 e. The second-order valence-electron chi connectivity index (χ2n) is 3.90. The summed E-state index contributed by atoms with van der Waals surface area (Å²) >= 11 is 3.05. The first kappa shape index (κ1) is 13.8. The summed E-state index contributed by atoms with van der Waals surface area (Å²) in [6, 6.07) is 2.81. The van der Waals surface area contributed by atoms with E-state index in [1.54, 1.807) is 0 Å². The van der Waals surface area contributed by atoms with E-state index < -0.39 is 11.5 Å². The van der Waals surface area contributed by atoms with Crippen molar-refractivity contribution in [1.82, 2.24) is 5.43 Å². The summed E-state index contributed by atoms with van der Waals surface area (Å²) in [4.78, 5) is 11.0. The second kappa shape index (κ2) is 4.91. The quantitative estimate of drug-likeness (QED) is 0.318. The summed E-state index contributed by atoms with van der Waals surface area (Å²) in [6.45, 7) is 1.42. The number of halogens is 1. The fraction of sp³-hybridized carbons (Fsp3) is 0.300. The maximum atomic E-state index is 11.0. The van der Waals surface area contributed by atoms with Crippen LogP contribution in [0.5, 0.6) is 11.5 Å². The fourth-order valence-electron chi connectivity index (χ4n) is 1.34. The lowest BCUT2D eigenvalue weighted by Crippen LogP contribution is -2.54. The zero-order valence-electron chi connectivity index (χ0n) is 9.07. The minimum absolute atomic E-state index is 0.0608. The Morgan fingerprint density at radius 2 is 2.12 bits per heavy atom. The standard InChI is InChI=1S/C10H13BrN2O4/c1-10(13-12,9(16)17)4-5-2-6(11)8(15)7(14)3-5/h2-3,13-15H,4,12H2,1H3,(H,16,17)/t10-/m0/s1. The number of aliphatic carboxylic acids is 1. The SMILES string of the molecule is C[C@@](Cc1cc(O)c(O)c(Br)c1)(NN)C(=O)O. The molecule has 1 aromatic carbocycles. The van der Waals surface area contributed by atoms with Crippen LogP contribution in [0.1, 0.15) is 12.5 Å². The van der Waals surface area contributed by atoms with Gasteiger partial charge in [0, 0.05) is 6.42 Å². The molecule has 0 spiro atoms. The monoisotopic (exact) mass is 304 g/mol. The normalized spacial score (nSPS) is 14.3. The summed E-state index contributed by atoms with van der Waals surface area (Å²) in [6.07, 6.45) is 0.0608. The molecule has 0 saturated heterocycles. The van der Waals surface area contributed by atoms with Crippen LogP contribution >= 0.6 is 15.9 Å². The summed E-state index contributed by atoms with van der Waals surface area (Å²) in [7, 11) is 0. The van der Waals surface area contributed by atoms with E-state index in [-0.39, 0.29) is 22.4 Å². The third kappa shape index (κ3) is 2.87. The number of nitrogens with one attached hydrogen (secondary N) is 1. The van der Waals surface area contributed by atoms with Crippen LogP contribution in [0, 0.1) is 0 Å². The first-order chi connectivity index (χ1) is 7.80. The number of phenols is 2. The summed E-state index contributed by atoms with van der Waals surface area (Å²) in [5.74, 6) is 3.49. The zero-order chi connectivity index (χ0) is 13.2. The van der Waals surface area contributed by atoms with E-state index in [1.165, 1.54) is 19.1 Å². The van der Waals surface area contributed by atoms with E-state index in [0.717, 1.165) is 0 Å². The molecule has 0 aromatic heterocycles. The molecule has 0 amide bonds. The number of carbonyl (C=O) groups is 1. The van der Waals surface area contributed by atoms with Crippen LogP contribution in [0.4, 0.5) is 0 Å². The van der Waals surface area contributed by atoms with E-state index in [0.29, 0.717) is 5.56 Å². The molecule has 0 bridgehead atoms. The van der Waals surface area contributed by atoms with E-state index >= 15 is 0 Å². The molecule has 0 aliphatic carbocycles. The number of hydrogen-bond acceptors (Lipinski definition) is 5. The molecular formula is C10H13BrN2O4. The molecule has 1 rings (SSSR count). The number of aromatic hydroxyl groups is 2. The fourth-order valence-corrected chi connectivity index (χ4v) is 1.83. The number of phenolic OH excluding ortho intramolecular Hbond substituents is 2. The first-order valence-electron chi connectivity index (χ1n) is 4.71. The van der Waals surface area contributed by atoms with E-state index in [4.69, 9.17) is 10.9 Å². The van der Waals surface area contributed by atoms with Gasteiger partial charge in [-0.2, -0.15) is 0 Å². The highest BCUT2D eigenvalue weighted by Gasteiger charge is 2.32. The van der Waals surface area contributed by atoms with Gasteiger partial charge in [-0.05, 0) is 40.5 Å². The van der Waals surface area contributed by atoms with Gasteiger partial charge in [0.15, 0.2) is 11.5 Å². The van der Waals surface area contributed by atoms with Gasteiger partial charge in [0.2, 0.25) is 0 Å². The molecule has 0 aliphatic heterocycles. The largest absolute Gasteiger partial charge is 0.504 e. The third-order valence-corrected chi connectivity index (χ3v) is 3.06. The molecule has 6 nitrogen and oxygen atoms in total. The van der Waals surface area contributed by atoms with Crippen molar-refractivity contribution in [3.8, 4) is 11.5 Å². The maximum absolute atomic E-state index is 11.0. The number of carboxylic acid groups (broad SMARTS) is 1. The number of carboxylic acids is 1. The molecular weight excluding hydrogens is 292 g/mol. The molecule has 0 aliphatic rings. The van der Waals surface area contributed by atoms with Crippen molar-refractivity contribution < 1.29 is 20.1 Å². The van der Waals surface area contributed by atoms with E-state index in [2.05, 4.69) is 21.4 Å². The van der Waals surface area contributed by atoms with Crippen LogP contribution in [0.15, 0.2) is 16.6 Å². The number of hydrogen-bond donors (Lipinski definition) is 5. The average Bonchev–Trinajstić information content (AvgIpc) is 2.25. The average molecular weight is 305 g/mol. The van der Waals surface area contributed by atoms with Gasteiger partial charge in [-0.3, -0.25) is 10.6 Å². The van der Waals surface area contributed by atoms with Gasteiger partial charge in [-0.15, -0.1) is 0 Å². The highest BCUT2D eigenvalue weighted by atomic mass is 79.9. The number of hydrazine groups is 1. The van der Waals surface area contributed by atoms with Crippen molar-refractivity contribution in [3.05, 3.63) is 22.2 Å². The molecule has 7 heteroatoms. The van der Waals surface area contributed by atoms with Gasteiger partial charge in [-0.1, -0.05) is 0 Å². The molecule has 0 unspecified atom stereocenters. The lowest BCUT2D eigenvalue weighted by Gasteiger charge is -2.23. The second-order valence-corrected chi connectivity index (χ2v) is 4.76. The Morgan fingerprint density at radius 1 is 1.53 bits per heavy atom. The number of rotatable bonds is 4. The van der Waals surface area contributed by atoms with Crippen LogP contribution in [0.3, 0.4) is 0 Å². The highest BCUT2D eigenvalue weighted by molar-refractivity contribution is 9.10. The lowest BCUT2D eigenvalue weighted by molar-refractivity contribution is -0.144. The Bertz CT molecular complexity index is 429. The zero-order valence-corrected chi connectivity index (χ0v) is 10.7. The van der Waals surface area contributed by atoms with Crippen molar-refractivity contribution >= 4 is 21.9 Å². The molecule has 17 heavy (non-hydrogen) atoms. The summed E-state index contributed by atoms with van der Waals surface area (Å²) in [5.41, 5.74) is 1.40. The van der Waals surface area contributed by atoms with Crippen LogP contribution < -0.4 is 11.3 Å². The Morgan fingerprint density at radius 3 is 2.53 bits per heavy atom. The minimum atomic E-state index is -1.34. The molecule has 6 N–H and O–H groups in total. The summed E-state index contributed by atoms with van der Waals surface area (Å²) in [5, 5.41) is 27.8. The molecule has 1 aromatic rings. The van der Waals surface area contributed by atoms with Crippen molar-refractivity contribution in [2.24, 2.45) is 5.84 Å². The Kier molecular flexibility index (Phi) is 3.97. The first-order valence-corrected chi connectivity index (χ1v) is 5.51. The van der Waals surface area contributed by atoms with Gasteiger partial charge in [0.25, 0.3) is 0 Å². The highest BCUT2D eigenvalue weighted by Crippen LogP contribution is 2.35. The van der Waals surface area contributed by atoms with Crippen LogP contribution in [0.25, 0.3) is 0 Å². The van der Waals surface area contributed by atoms with Crippen LogP contribution in [-0.4, -0.2) is 26.8 Å². The lowest BCUT2D eigenvalue weighted by atomic mass is 9.93. The third-order valence-electron chi connectivity index (χ3n) is 2.45. The van der Waals surface area contributed by atoms with Gasteiger partial charge in [0.1, 0.15) is 5.54 Å². The van der Waals surface area contributed by atoms with Gasteiger partial charge in [-0.25, -0.2) is 5.43 Å². The van der Waals surface area contributed by atoms with Crippen LogP contribution in [-0.2, 0) is 11.2 Å². The topological polar surface area (TPSA) is 116 Å². The number of nitrogens with two attached hydrogens (primary N) is 1. The van der Waals surface area contributed by atoms with Crippen molar-refractivity contribution in [2.75, 3.05) is 0 Å². The van der Waals surface area contributed by atoms with Gasteiger partial charge < -0.3 is 15.3 Å². The Labute approximate surface area is 106 Å². The predicted molar refractivity (Wildman–Crippen MR) is 64.5 cm³/mol. The Hall–Kier alpha value is -1.31. The molecule has 0 heterocycles. The maximum Gasteiger partial charge on any atom is 0.325 e.